The predicted molar refractivity (Wildman–Crippen MR) is 109 cm³/mol. The highest BCUT2D eigenvalue weighted by atomic mass is 35.5. The van der Waals surface area contributed by atoms with Crippen LogP contribution in [0.1, 0.15) is 10.4 Å². The molecule has 2 aromatic carbocycles. The topological polar surface area (TPSA) is 138 Å². The molecule has 1 aromatic heterocycles. The van der Waals surface area contributed by atoms with Gasteiger partial charge in [0.2, 0.25) is 10.0 Å². The van der Waals surface area contributed by atoms with Gasteiger partial charge in [-0.05, 0) is 30.3 Å². The summed E-state index contributed by atoms with van der Waals surface area (Å²) in [5.41, 5.74) is -0.0687. The van der Waals surface area contributed by atoms with Gasteiger partial charge in [0.1, 0.15) is 5.56 Å². The number of carbonyl (C=O) groups is 1. The van der Waals surface area contributed by atoms with E-state index in [1.165, 1.54) is 24.3 Å². The molecular formula is C17H13ClN4O5S2. The fourth-order valence-electron chi connectivity index (χ4n) is 2.61. The van der Waals surface area contributed by atoms with Crippen LogP contribution in [0.3, 0.4) is 0 Å². The molecule has 150 valence electrons. The molecule has 0 aliphatic heterocycles. The van der Waals surface area contributed by atoms with Crippen molar-refractivity contribution < 1.29 is 18.1 Å². The number of benzene rings is 2. The zero-order chi connectivity index (χ0) is 21.3. The highest BCUT2D eigenvalue weighted by molar-refractivity contribution is 7.89. The number of nitro benzene ring substituents is 1. The molecule has 1 heterocycles. The first kappa shape index (κ1) is 20.9. The van der Waals surface area contributed by atoms with E-state index in [2.05, 4.69) is 11.6 Å². The van der Waals surface area contributed by atoms with Crippen molar-refractivity contribution in [2.45, 2.75) is 11.4 Å². The molecule has 0 bridgehead atoms. The Balaban J connectivity index is 2.23. The Morgan fingerprint density at radius 2 is 2.07 bits per heavy atom. The average Bonchev–Trinajstić information content (AvgIpc) is 2.97. The molecule has 0 unspecified atom stereocenters. The monoisotopic (exact) mass is 452 g/mol. The SMILES string of the molecule is C=CCn1c(=NC(=O)c2cc(Cl)ccc2[N+](=O)[O-])sc2cc(S(N)(=O)=O)ccc21. The number of fused-ring (bicyclic) bond motifs is 1. The van der Waals surface area contributed by atoms with Gasteiger partial charge in [0, 0.05) is 17.6 Å². The van der Waals surface area contributed by atoms with E-state index in [0.717, 1.165) is 17.4 Å². The zero-order valence-corrected chi connectivity index (χ0v) is 17.0. The molecule has 0 aliphatic rings. The maximum atomic E-state index is 12.7. The number of carbonyl (C=O) groups excluding carboxylic acids is 1. The zero-order valence-electron chi connectivity index (χ0n) is 14.6. The number of amides is 1. The smallest absolute Gasteiger partial charge is 0.286 e. The Bertz CT molecular complexity index is 1340. The van der Waals surface area contributed by atoms with Crippen LogP contribution in [0.4, 0.5) is 5.69 Å². The summed E-state index contributed by atoms with van der Waals surface area (Å²) >= 11 is 6.91. The van der Waals surface area contributed by atoms with Gasteiger partial charge in [0.25, 0.3) is 11.6 Å². The molecule has 0 aliphatic carbocycles. The number of sulfonamides is 1. The lowest BCUT2D eigenvalue weighted by Crippen LogP contribution is -2.16. The molecule has 2 N–H and O–H groups in total. The first-order valence-electron chi connectivity index (χ1n) is 7.92. The van der Waals surface area contributed by atoms with Gasteiger partial charge in [-0.3, -0.25) is 14.9 Å². The van der Waals surface area contributed by atoms with Gasteiger partial charge in [0.15, 0.2) is 4.80 Å². The molecule has 0 saturated heterocycles. The highest BCUT2D eigenvalue weighted by Crippen LogP contribution is 2.24. The Morgan fingerprint density at radius 3 is 2.69 bits per heavy atom. The summed E-state index contributed by atoms with van der Waals surface area (Å²) in [6.07, 6.45) is 1.57. The van der Waals surface area contributed by atoms with E-state index in [9.17, 15) is 23.3 Å². The molecule has 0 fully saturated rings. The maximum absolute atomic E-state index is 12.7. The summed E-state index contributed by atoms with van der Waals surface area (Å²) in [7, 11) is -3.91. The Labute approximate surface area is 173 Å². The first-order chi connectivity index (χ1) is 13.6. The van der Waals surface area contributed by atoms with Crippen LogP contribution in [0.2, 0.25) is 5.02 Å². The Kier molecular flexibility index (Phi) is 5.66. The summed E-state index contributed by atoms with van der Waals surface area (Å²) < 4.78 is 25.3. The molecule has 0 radical (unpaired) electrons. The Morgan fingerprint density at radius 1 is 1.34 bits per heavy atom. The number of halogens is 1. The van der Waals surface area contributed by atoms with Crippen molar-refractivity contribution in [3.05, 3.63) is 74.6 Å². The van der Waals surface area contributed by atoms with E-state index in [1.807, 2.05) is 0 Å². The molecule has 0 saturated carbocycles. The van der Waals surface area contributed by atoms with Crippen LogP contribution >= 0.6 is 22.9 Å². The number of thiazole rings is 1. The van der Waals surface area contributed by atoms with Gasteiger partial charge in [-0.25, -0.2) is 13.6 Å². The van der Waals surface area contributed by atoms with Gasteiger partial charge in [-0.1, -0.05) is 29.0 Å². The molecule has 9 nitrogen and oxygen atoms in total. The standard InChI is InChI=1S/C17H13ClN4O5S2/c1-2-7-21-14-6-4-11(29(19,26)27)9-15(14)28-17(21)20-16(23)12-8-10(18)3-5-13(12)22(24)25/h2-6,8-9H,1,7H2,(H2,19,26,27). The quantitative estimate of drug-likeness (QED) is 0.360. The van der Waals surface area contributed by atoms with E-state index in [-0.39, 0.29) is 26.8 Å². The summed E-state index contributed by atoms with van der Waals surface area (Å²) in [4.78, 5) is 27.3. The summed E-state index contributed by atoms with van der Waals surface area (Å²) in [5, 5.41) is 16.5. The number of hydrogen-bond acceptors (Lipinski definition) is 6. The summed E-state index contributed by atoms with van der Waals surface area (Å²) in [5.74, 6) is -0.852. The van der Waals surface area contributed by atoms with E-state index < -0.39 is 26.5 Å². The largest absolute Gasteiger partial charge is 0.312 e. The number of nitro groups is 1. The molecule has 3 rings (SSSR count). The second-order valence-electron chi connectivity index (χ2n) is 5.79. The van der Waals surface area contributed by atoms with Crippen LogP contribution in [0, 0.1) is 10.1 Å². The van der Waals surface area contributed by atoms with Crippen LogP contribution < -0.4 is 9.94 Å². The lowest BCUT2D eigenvalue weighted by Gasteiger charge is -2.02. The lowest BCUT2D eigenvalue weighted by molar-refractivity contribution is -0.385. The van der Waals surface area contributed by atoms with Crippen LogP contribution in [0.15, 0.2) is 58.9 Å². The van der Waals surface area contributed by atoms with Gasteiger partial charge >= 0.3 is 0 Å². The predicted octanol–water partition coefficient (Wildman–Crippen LogP) is 2.84. The minimum atomic E-state index is -3.91. The second-order valence-corrected chi connectivity index (χ2v) is 8.80. The average molecular weight is 453 g/mol. The van der Waals surface area contributed by atoms with Gasteiger partial charge in [-0.15, -0.1) is 6.58 Å². The third kappa shape index (κ3) is 4.27. The number of hydrogen-bond donors (Lipinski definition) is 1. The van der Waals surface area contributed by atoms with Gasteiger partial charge < -0.3 is 4.57 Å². The van der Waals surface area contributed by atoms with Gasteiger partial charge in [0.05, 0.1) is 20.0 Å². The molecular weight excluding hydrogens is 440 g/mol. The number of primary sulfonamides is 1. The van der Waals surface area contributed by atoms with Crippen LogP contribution in [0.5, 0.6) is 0 Å². The number of aromatic nitrogens is 1. The van der Waals surface area contributed by atoms with Crippen LogP contribution in [-0.2, 0) is 16.6 Å². The summed E-state index contributed by atoms with van der Waals surface area (Å²) in [6.45, 7) is 3.94. The van der Waals surface area contributed by atoms with Crippen molar-refractivity contribution in [1.29, 1.82) is 0 Å². The van der Waals surface area contributed by atoms with Crippen molar-refractivity contribution in [1.82, 2.24) is 4.57 Å². The maximum Gasteiger partial charge on any atom is 0.286 e. The van der Waals surface area contributed by atoms with Crippen molar-refractivity contribution in [3.8, 4) is 0 Å². The van der Waals surface area contributed by atoms with Crippen molar-refractivity contribution in [2.24, 2.45) is 10.1 Å². The number of nitrogens with two attached hydrogens (primary N) is 1. The molecule has 1 amide bonds. The number of rotatable bonds is 5. The number of nitrogens with zero attached hydrogens (tertiary/aromatic N) is 3. The van der Waals surface area contributed by atoms with Crippen molar-refractivity contribution in [2.75, 3.05) is 0 Å². The number of allylic oxidation sites excluding steroid dienone is 1. The second kappa shape index (κ2) is 7.87. The third-order valence-electron chi connectivity index (χ3n) is 3.88. The molecule has 12 heteroatoms. The highest BCUT2D eigenvalue weighted by Gasteiger charge is 2.21. The molecule has 29 heavy (non-hydrogen) atoms. The minimum Gasteiger partial charge on any atom is -0.312 e. The van der Waals surface area contributed by atoms with E-state index in [0.29, 0.717) is 10.2 Å². The summed E-state index contributed by atoms with van der Waals surface area (Å²) in [6, 6.07) is 7.88. The first-order valence-corrected chi connectivity index (χ1v) is 10.7. The van der Waals surface area contributed by atoms with Crippen LogP contribution in [0.25, 0.3) is 10.2 Å². The fraction of sp³-hybridized carbons (Fsp3) is 0.0588. The fourth-order valence-corrected chi connectivity index (χ4v) is 4.47. The van der Waals surface area contributed by atoms with Crippen molar-refractivity contribution >= 4 is 54.8 Å². The normalized spacial score (nSPS) is 12.3. The van der Waals surface area contributed by atoms with E-state index >= 15 is 0 Å². The van der Waals surface area contributed by atoms with E-state index in [1.54, 1.807) is 16.7 Å². The molecule has 0 atom stereocenters. The molecule has 0 spiro atoms. The molecule has 3 aromatic rings. The van der Waals surface area contributed by atoms with Crippen molar-refractivity contribution in [3.63, 3.8) is 0 Å². The van der Waals surface area contributed by atoms with Gasteiger partial charge in [-0.2, -0.15) is 4.99 Å². The van der Waals surface area contributed by atoms with Crippen LogP contribution in [-0.4, -0.2) is 23.8 Å². The third-order valence-corrected chi connectivity index (χ3v) is 6.06. The minimum absolute atomic E-state index is 0.0830. The lowest BCUT2D eigenvalue weighted by atomic mass is 10.2. The Hall–Kier alpha value is -2.86. The van der Waals surface area contributed by atoms with E-state index in [4.69, 9.17) is 16.7 Å².